The van der Waals surface area contributed by atoms with Gasteiger partial charge in [-0.25, -0.2) is 4.39 Å². The Labute approximate surface area is 126 Å². The Morgan fingerprint density at radius 1 is 1.06 bits per heavy atom. The first-order valence-corrected chi connectivity index (χ1v) is 7.03. The van der Waals surface area contributed by atoms with Crippen LogP contribution in [-0.2, 0) is 0 Å². The highest BCUT2D eigenvalue weighted by Gasteiger charge is 2.16. The van der Waals surface area contributed by atoms with E-state index in [9.17, 15) is 9.50 Å². The molecule has 0 aromatic heterocycles. The molecule has 0 fully saturated rings. The quantitative estimate of drug-likeness (QED) is 0.753. The average molecular weight is 394 g/mol. The van der Waals surface area contributed by atoms with Gasteiger partial charge in [-0.15, -0.1) is 0 Å². The van der Waals surface area contributed by atoms with Crippen molar-refractivity contribution in [2.75, 3.05) is 0 Å². The lowest BCUT2D eigenvalue weighted by molar-refractivity contribution is 0.215. The summed E-state index contributed by atoms with van der Waals surface area (Å²) in [7, 11) is 0. The van der Waals surface area contributed by atoms with Crippen LogP contribution in [0.2, 0.25) is 5.02 Å². The summed E-state index contributed by atoms with van der Waals surface area (Å²) < 4.78 is 15.4. The number of aliphatic hydroxyl groups is 1. The molecule has 0 bridgehead atoms. The van der Waals surface area contributed by atoms with Crippen LogP contribution in [0.3, 0.4) is 0 Å². The molecular weight excluding hydrogens is 386 g/mol. The second-order valence-corrected chi connectivity index (χ2v) is 5.89. The van der Waals surface area contributed by atoms with E-state index in [-0.39, 0.29) is 5.56 Å². The van der Waals surface area contributed by atoms with Gasteiger partial charge >= 0.3 is 0 Å². The number of hydrogen-bond acceptors (Lipinski definition) is 1. The highest BCUT2D eigenvalue weighted by molar-refractivity contribution is 9.13. The fraction of sp³-hybridized carbons (Fsp3) is 0.0769. The van der Waals surface area contributed by atoms with Gasteiger partial charge in [-0.3, -0.25) is 0 Å². The number of hydrogen-bond donors (Lipinski definition) is 1. The molecule has 1 N–H and O–H groups in total. The molecule has 0 saturated heterocycles. The number of rotatable bonds is 2. The Balaban J connectivity index is 2.41. The molecule has 2 aromatic carbocycles. The van der Waals surface area contributed by atoms with Crippen molar-refractivity contribution in [3.8, 4) is 0 Å². The Kier molecular flexibility index (Phi) is 4.43. The molecule has 1 unspecified atom stereocenters. The minimum Gasteiger partial charge on any atom is -0.384 e. The van der Waals surface area contributed by atoms with Crippen molar-refractivity contribution in [1.29, 1.82) is 0 Å². The standard InChI is InChI=1S/C13H8Br2ClFO/c14-10-4-1-7(5-11(10)15)13(18)9-3-2-8(16)6-12(9)17/h1-6,13,18H. The Bertz CT molecular complexity index is 589. The first-order chi connectivity index (χ1) is 8.49. The van der Waals surface area contributed by atoms with E-state index in [2.05, 4.69) is 31.9 Å². The maximum atomic E-state index is 13.7. The maximum Gasteiger partial charge on any atom is 0.130 e. The Hall–Kier alpha value is -0.420. The lowest BCUT2D eigenvalue weighted by atomic mass is 10.0. The fourth-order valence-electron chi connectivity index (χ4n) is 1.59. The van der Waals surface area contributed by atoms with Crippen molar-refractivity contribution in [2.24, 2.45) is 0 Å². The zero-order chi connectivity index (χ0) is 13.3. The summed E-state index contributed by atoms with van der Waals surface area (Å²) in [5, 5.41) is 10.5. The summed E-state index contributed by atoms with van der Waals surface area (Å²) in [4.78, 5) is 0. The van der Waals surface area contributed by atoms with E-state index >= 15 is 0 Å². The zero-order valence-electron chi connectivity index (χ0n) is 9.00. The third kappa shape index (κ3) is 2.94. The minimum atomic E-state index is -1.02. The van der Waals surface area contributed by atoms with Gasteiger partial charge < -0.3 is 5.11 Å². The van der Waals surface area contributed by atoms with E-state index in [1.54, 1.807) is 24.3 Å². The van der Waals surface area contributed by atoms with Crippen molar-refractivity contribution in [1.82, 2.24) is 0 Å². The molecule has 0 saturated carbocycles. The van der Waals surface area contributed by atoms with E-state index < -0.39 is 11.9 Å². The van der Waals surface area contributed by atoms with Crippen LogP contribution in [0.1, 0.15) is 17.2 Å². The molecule has 0 heterocycles. The maximum absolute atomic E-state index is 13.7. The molecule has 5 heteroatoms. The highest BCUT2D eigenvalue weighted by Crippen LogP contribution is 2.31. The number of benzene rings is 2. The molecule has 18 heavy (non-hydrogen) atoms. The number of halogens is 4. The van der Waals surface area contributed by atoms with Gasteiger partial charge in [-0.05, 0) is 61.7 Å². The molecular formula is C13H8Br2ClFO. The van der Waals surface area contributed by atoms with Crippen LogP contribution >= 0.6 is 43.5 Å². The Morgan fingerprint density at radius 2 is 1.78 bits per heavy atom. The Morgan fingerprint density at radius 3 is 2.39 bits per heavy atom. The van der Waals surface area contributed by atoms with Crippen molar-refractivity contribution in [3.05, 3.63) is 67.3 Å². The SMILES string of the molecule is OC(c1ccc(Br)c(Br)c1)c1ccc(Cl)cc1F. The minimum absolute atomic E-state index is 0.202. The smallest absolute Gasteiger partial charge is 0.130 e. The molecule has 0 spiro atoms. The van der Waals surface area contributed by atoms with Crippen molar-refractivity contribution >= 4 is 43.5 Å². The number of aliphatic hydroxyl groups excluding tert-OH is 1. The van der Waals surface area contributed by atoms with E-state index in [4.69, 9.17) is 11.6 Å². The van der Waals surface area contributed by atoms with Crippen LogP contribution in [0.5, 0.6) is 0 Å². The van der Waals surface area contributed by atoms with Crippen molar-refractivity contribution < 1.29 is 9.50 Å². The summed E-state index contributed by atoms with van der Waals surface area (Å²) >= 11 is 12.4. The summed E-state index contributed by atoms with van der Waals surface area (Å²) in [5.74, 6) is -0.519. The van der Waals surface area contributed by atoms with Gasteiger partial charge in [-0.2, -0.15) is 0 Å². The molecule has 1 nitrogen and oxygen atoms in total. The first-order valence-electron chi connectivity index (χ1n) is 5.07. The van der Waals surface area contributed by atoms with Gasteiger partial charge in [0, 0.05) is 19.5 Å². The van der Waals surface area contributed by atoms with Crippen LogP contribution in [0.25, 0.3) is 0 Å². The van der Waals surface area contributed by atoms with Gasteiger partial charge in [0.05, 0.1) is 0 Å². The second kappa shape index (κ2) is 5.70. The molecule has 0 amide bonds. The van der Waals surface area contributed by atoms with Crippen LogP contribution in [-0.4, -0.2) is 5.11 Å². The molecule has 0 aliphatic heterocycles. The lowest BCUT2D eigenvalue weighted by Crippen LogP contribution is -2.02. The predicted molar refractivity (Wildman–Crippen MR) is 77.3 cm³/mol. The second-order valence-electron chi connectivity index (χ2n) is 3.74. The average Bonchev–Trinajstić information content (AvgIpc) is 2.32. The molecule has 1 atom stereocenters. The zero-order valence-corrected chi connectivity index (χ0v) is 12.9. The van der Waals surface area contributed by atoms with Crippen LogP contribution in [0.15, 0.2) is 45.3 Å². The lowest BCUT2D eigenvalue weighted by Gasteiger charge is -2.13. The first kappa shape index (κ1) is 14.0. The molecule has 94 valence electrons. The van der Waals surface area contributed by atoms with E-state index in [1.165, 1.54) is 12.1 Å². The molecule has 0 aliphatic carbocycles. The van der Waals surface area contributed by atoms with E-state index in [0.717, 1.165) is 8.95 Å². The summed E-state index contributed by atoms with van der Waals surface area (Å²) in [6, 6.07) is 9.48. The third-order valence-corrected chi connectivity index (χ3v) is 4.63. The summed E-state index contributed by atoms with van der Waals surface area (Å²) in [6.45, 7) is 0. The van der Waals surface area contributed by atoms with Gasteiger partial charge in [-0.1, -0.05) is 23.7 Å². The van der Waals surface area contributed by atoms with E-state index in [0.29, 0.717) is 10.6 Å². The van der Waals surface area contributed by atoms with E-state index in [1.807, 2.05) is 0 Å². The monoisotopic (exact) mass is 392 g/mol. The van der Waals surface area contributed by atoms with Crippen LogP contribution in [0, 0.1) is 5.82 Å². The summed E-state index contributed by atoms with van der Waals surface area (Å²) in [6.07, 6.45) is -1.02. The van der Waals surface area contributed by atoms with Crippen LogP contribution < -0.4 is 0 Å². The summed E-state index contributed by atoms with van der Waals surface area (Å²) in [5.41, 5.74) is 0.805. The van der Waals surface area contributed by atoms with Gasteiger partial charge in [0.1, 0.15) is 11.9 Å². The molecule has 2 aromatic rings. The fourth-order valence-corrected chi connectivity index (χ4v) is 2.39. The molecule has 0 aliphatic rings. The molecule has 2 rings (SSSR count). The largest absolute Gasteiger partial charge is 0.384 e. The normalized spacial score (nSPS) is 12.5. The topological polar surface area (TPSA) is 20.2 Å². The van der Waals surface area contributed by atoms with Gasteiger partial charge in [0.2, 0.25) is 0 Å². The van der Waals surface area contributed by atoms with Gasteiger partial charge in [0.25, 0.3) is 0 Å². The highest BCUT2D eigenvalue weighted by atomic mass is 79.9. The van der Waals surface area contributed by atoms with Gasteiger partial charge in [0.15, 0.2) is 0 Å². The predicted octanol–water partition coefficient (Wildman–Crippen LogP) is 5.09. The van der Waals surface area contributed by atoms with Crippen LogP contribution in [0.4, 0.5) is 4.39 Å². The molecule has 0 radical (unpaired) electrons. The third-order valence-electron chi connectivity index (χ3n) is 2.52. The van der Waals surface area contributed by atoms with Crippen molar-refractivity contribution in [2.45, 2.75) is 6.10 Å². The van der Waals surface area contributed by atoms with Crippen molar-refractivity contribution in [3.63, 3.8) is 0 Å².